The van der Waals surface area contributed by atoms with Gasteiger partial charge in [-0.05, 0) is 44.7 Å². The number of hydrogen-bond donors (Lipinski definition) is 0. The number of nitro groups is 1. The largest absolute Gasteiger partial charge is 0.487 e. The van der Waals surface area contributed by atoms with E-state index in [1.165, 1.54) is 6.07 Å². The number of hydrogen-bond acceptors (Lipinski definition) is 4. The Morgan fingerprint density at radius 3 is 2.71 bits per heavy atom. The van der Waals surface area contributed by atoms with E-state index in [0.717, 1.165) is 24.8 Å². The molecule has 5 nitrogen and oxygen atoms in total. The molecule has 1 aromatic carbocycles. The van der Waals surface area contributed by atoms with E-state index in [2.05, 4.69) is 22.0 Å². The van der Waals surface area contributed by atoms with Gasteiger partial charge in [0, 0.05) is 11.4 Å². The first kappa shape index (κ1) is 17.4. The van der Waals surface area contributed by atoms with Gasteiger partial charge in [0.15, 0.2) is 5.75 Å². The molecule has 6 heteroatoms. The maximum absolute atomic E-state index is 11.0. The maximum Gasteiger partial charge on any atom is 0.310 e. The second kappa shape index (κ2) is 7.99. The smallest absolute Gasteiger partial charge is 0.310 e. The zero-order valence-corrected chi connectivity index (χ0v) is 13.9. The second-order valence-electron chi connectivity index (χ2n) is 5.49. The zero-order chi connectivity index (χ0) is 15.9. The van der Waals surface area contributed by atoms with Gasteiger partial charge in [-0.1, -0.05) is 22.0 Å². The quantitative estimate of drug-likeness (QED) is 0.296. The Labute approximate surface area is 133 Å². The number of nitriles is 1. The van der Waals surface area contributed by atoms with E-state index in [-0.39, 0.29) is 11.1 Å². The molecular weight excluding hydrogens is 336 g/mol. The zero-order valence-electron chi connectivity index (χ0n) is 12.3. The summed E-state index contributed by atoms with van der Waals surface area (Å²) in [7, 11) is 0. The number of benzene rings is 1. The molecule has 21 heavy (non-hydrogen) atoms. The number of nitrogens with zero attached hydrogens (tertiary/aromatic N) is 2. The van der Waals surface area contributed by atoms with Gasteiger partial charge in [0.1, 0.15) is 0 Å². The van der Waals surface area contributed by atoms with Crippen LogP contribution in [0.4, 0.5) is 5.69 Å². The van der Waals surface area contributed by atoms with Crippen LogP contribution in [0.2, 0.25) is 0 Å². The lowest BCUT2D eigenvalue weighted by molar-refractivity contribution is -0.385. The summed E-state index contributed by atoms with van der Waals surface area (Å²) in [6.45, 7) is 4.21. The molecule has 0 bridgehead atoms. The molecule has 0 spiro atoms. The third-order valence-electron chi connectivity index (χ3n) is 3.13. The van der Waals surface area contributed by atoms with E-state index in [4.69, 9.17) is 10.00 Å². The summed E-state index contributed by atoms with van der Waals surface area (Å²) in [5, 5.41) is 20.5. The molecular formula is C15H19BrN2O3. The van der Waals surface area contributed by atoms with Crippen molar-refractivity contribution in [2.24, 2.45) is 5.41 Å². The minimum Gasteiger partial charge on any atom is -0.487 e. The summed E-state index contributed by atoms with van der Waals surface area (Å²) in [6.07, 6.45) is 2.41. The van der Waals surface area contributed by atoms with Crippen LogP contribution in [-0.2, 0) is 5.33 Å². The summed E-state index contributed by atoms with van der Waals surface area (Å²) in [6, 6.07) is 7.11. The Kier molecular flexibility index (Phi) is 6.63. The Morgan fingerprint density at radius 2 is 2.14 bits per heavy atom. The Hall–Kier alpha value is -1.61. The minimum atomic E-state index is -0.438. The lowest BCUT2D eigenvalue weighted by Crippen LogP contribution is -2.08. The normalized spacial score (nSPS) is 11.0. The van der Waals surface area contributed by atoms with Crippen molar-refractivity contribution in [1.29, 1.82) is 5.26 Å². The number of unbranched alkanes of at least 4 members (excludes halogenated alkanes) is 1. The Bertz CT molecular complexity index is 538. The van der Waals surface area contributed by atoms with Crippen LogP contribution in [0.5, 0.6) is 5.75 Å². The third-order valence-corrected chi connectivity index (χ3v) is 3.78. The van der Waals surface area contributed by atoms with Crippen LogP contribution in [0.25, 0.3) is 0 Å². The number of nitro benzene ring substituents is 1. The van der Waals surface area contributed by atoms with Gasteiger partial charge >= 0.3 is 5.69 Å². The van der Waals surface area contributed by atoms with Gasteiger partial charge in [0.25, 0.3) is 0 Å². The second-order valence-corrected chi connectivity index (χ2v) is 6.05. The first-order valence-corrected chi connectivity index (χ1v) is 7.89. The molecule has 0 saturated carbocycles. The molecule has 0 unspecified atom stereocenters. The van der Waals surface area contributed by atoms with Crippen molar-refractivity contribution in [2.45, 2.75) is 38.4 Å². The maximum atomic E-state index is 11.0. The molecule has 0 fully saturated rings. The van der Waals surface area contributed by atoms with Crippen LogP contribution in [0.15, 0.2) is 18.2 Å². The fraction of sp³-hybridized carbons (Fsp3) is 0.533. The summed E-state index contributed by atoms with van der Waals surface area (Å²) >= 11 is 3.32. The lowest BCUT2D eigenvalue weighted by atomic mass is 9.89. The predicted octanol–water partition coefficient (Wildman–Crippen LogP) is 4.59. The monoisotopic (exact) mass is 354 g/mol. The van der Waals surface area contributed by atoms with Crippen molar-refractivity contribution in [3.63, 3.8) is 0 Å². The van der Waals surface area contributed by atoms with Crippen LogP contribution >= 0.6 is 15.9 Å². The van der Waals surface area contributed by atoms with Gasteiger partial charge in [-0.25, -0.2) is 0 Å². The predicted molar refractivity (Wildman–Crippen MR) is 84.5 cm³/mol. The van der Waals surface area contributed by atoms with Crippen LogP contribution in [0.3, 0.4) is 0 Å². The standard InChI is InChI=1S/C15H19BrN2O3/c1-15(2,11-17)7-3-4-8-21-14-9-12(10-16)5-6-13(14)18(19)20/h5-6,9H,3-4,7-8,10H2,1-2H3. The minimum absolute atomic E-state index is 0.0166. The molecule has 0 radical (unpaired) electrons. The Balaban J connectivity index is 2.55. The topological polar surface area (TPSA) is 76.2 Å². The molecule has 114 valence electrons. The van der Waals surface area contributed by atoms with E-state index < -0.39 is 4.92 Å². The summed E-state index contributed by atoms with van der Waals surface area (Å²) in [4.78, 5) is 10.5. The fourth-order valence-corrected chi connectivity index (χ4v) is 2.16. The number of rotatable bonds is 8. The Morgan fingerprint density at radius 1 is 1.43 bits per heavy atom. The molecule has 0 heterocycles. The van der Waals surface area contributed by atoms with E-state index in [1.54, 1.807) is 12.1 Å². The highest BCUT2D eigenvalue weighted by Gasteiger charge is 2.17. The lowest BCUT2D eigenvalue weighted by Gasteiger charge is -2.14. The van der Waals surface area contributed by atoms with E-state index in [9.17, 15) is 10.1 Å². The van der Waals surface area contributed by atoms with Crippen molar-refractivity contribution in [2.75, 3.05) is 6.61 Å². The average Bonchev–Trinajstić information content (AvgIpc) is 2.46. The van der Waals surface area contributed by atoms with E-state index in [1.807, 2.05) is 13.8 Å². The van der Waals surface area contributed by atoms with Crippen molar-refractivity contribution in [1.82, 2.24) is 0 Å². The van der Waals surface area contributed by atoms with Gasteiger partial charge in [-0.2, -0.15) is 5.26 Å². The van der Waals surface area contributed by atoms with Crippen LogP contribution in [0.1, 0.15) is 38.7 Å². The SMILES string of the molecule is CC(C)(C#N)CCCCOc1cc(CBr)ccc1[N+](=O)[O-]. The highest BCUT2D eigenvalue weighted by molar-refractivity contribution is 9.08. The molecule has 0 N–H and O–H groups in total. The number of alkyl halides is 1. The highest BCUT2D eigenvalue weighted by atomic mass is 79.9. The molecule has 0 aromatic heterocycles. The summed E-state index contributed by atoms with van der Waals surface area (Å²) in [5.74, 6) is 0.302. The van der Waals surface area contributed by atoms with Gasteiger partial charge in [-0.15, -0.1) is 0 Å². The number of ether oxygens (including phenoxy) is 1. The van der Waals surface area contributed by atoms with Gasteiger partial charge < -0.3 is 4.74 Å². The first-order chi connectivity index (χ1) is 9.89. The van der Waals surface area contributed by atoms with Crippen molar-refractivity contribution < 1.29 is 9.66 Å². The number of halogens is 1. The highest BCUT2D eigenvalue weighted by Crippen LogP contribution is 2.29. The van der Waals surface area contributed by atoms with Crippen molar-refractivity contribution in [3.8, 4) is 11.8 Å². The van der Waals surface area contributed by atoms with Crippen molar-refractivity contribution in [3.05, 3.63) is 33.9 Å². The van der Waals surface area contributed by atoms with Gasteiger partial charge in [-0.3, -0.25) is 10.1 Å². The van der Waals surface area contributed by atoms with E-state index in [0.29, 0.717) is 17.7 Å². The van der Waals surface area contributed by atoms with Crippen LogP contribution in [-0.4, -0.2) is 11.5 Å². The third kappa shape index (κ3) is 5.72. The molecule has 0 aliphatic rings. The molecule has 0 amide bonds. The fourth-order valence-electron chi connectivity index (χ4n) is 1.82. The van der Waals surface area contributed by atoms with Crippen LogP contribution in [0, 0.1) is 26.9 Å². The summed E-state index contributed by atoms with van der Waals surface area (Å²) < 4.78 is 5.54. The van der Waals surface area contributed by atoms with Gasteiger partial charge in [0.05, 0.1) is 23.0 Å². The average molecular weight is 355 g/mol. The van der Waals surface area contributed by atoms with Crippen LogP contribution < -0.4 is 4.74 Å². The molecule has 0 saturated heterocycles. The molecule has 1 aromatic rings. The molecule has 0 aliphatic carbocycles. The van der Waals surface area contributed by atoms with Gasteiger partial charge in [0.2, 0.25) is 0 Å². The molecule has 0 aliphatic heterocycles. The molecule has 1 rings (SSSR count). The first-order valence-electron chi connectivity index (χ1n) is 6.77. The molecule has 0 atom stereocenters. The van der Waals surface area contributed by atoms with Crippen molar-refractivity contribution >= 4 is 21.6 Å². The van der Waals surface area contributed by atoms with E-state index >= 15 is 0 Å². The summed E-state index contributed by atoms with van der Waals surface area (Å²) in [5.41, 5.74) is 0.584.